The molecular formula is C11H8ClF3N2O. The summed E-state index contributed by atoms with van der Waals surface area (Å²) in [7, 11) is 0. The third-order valence-electron chi connectivity index (χ3n) is 2.16. The Morgan fingerprint density at radius 3 is 2.39 bits per heavy atom. The summed E-state index contributed by atoms with van der Waals surface area (Å²) >= 11 is 0. The molecule has 0 unspecified atom stereocenters. The van der Waals surface area contributed by atoms with Crippen LogP contribution in [0, 0.1) is 0 Å². The molecule has 2 aromatic rings. The molecule has 0 atom stereocenters. The zero-order valence-corrected chi connectivity index (χ0v) is 9.70. The van der Waals surface area contributed by atoms with E-state index in [2.05, 4.69) is 4.98 Å². The van der Waals surface area contributed by atoms with Gasteiger partial charge < -0.3 is 0 Å². The largest absolute Gasteiger partial charge is 0.491 e. The lowest BCUT2D eigenvalue weighted by molar-refractivity contribution is -0.206. The van der Waals surface area contributed by atoms with Crippen LogP contribution in [-0.2, 0) is 6.30 Å². The minimum absolute atomic E-state index is 0. The Morgan fingerprint density at radius 2 is 1.83 bits per heavy atom. The fourth-order valence-electron chi connectivity index (χ4n) is 1.41. The second kappa shape index (κ2) is 5.22. The van der Waals surface area contributed by atoms with Gasteiger partial charge in [0, 0.05) is 12.4 Å². The maximum atomic E-state index is 12.5. The Balaban J connectivity index is 0.00000162. The highest BCUT2D eigenvalue weighted by molar-refractivity contribution is 5.85. The van der Waals surface area contributed by atoms with Gasteiger partial charge in [-0.1, -0.05) is 6.07 Å². The first kappa shape index (κ1) is 14.2. The summed E-state index contributed by atoms with van der Waals surface area (Å²) in [6.45, 7) is 0. The van der Waals surface area contributed by atoms with Crippen molar-refractivity contribution in [3.63, 3.8) is 0 Å². The Hall–Kier alpha value is -1.82. The summed E-state index contributed by atoms with van der Waals surface area (Å²) in [6.07, 6.45) is -2.61. The summed E-state index contributed by atoms with van der Waals surface area (Å²) in [4.78, 5) is 15.5. The highest BCUT2D eigenvalue weighted by Crippen LogP contribution is 2.21. The standard InChI is InChI=1S/C11H7F3N2O.ClH/c12-11(13,14)16-7-3-4-8(10(16)17)9-5-1-2-6-15-9;/h1-7H;1H. The van der Waals surface area contributed by atoms with Crippen LogP contribution in [0.25, 0.3) is 11.3 Å². The number of rotatable bonds is 1. The topological polar surface area (TPSA) is 34.9 Å². The van der Waals surface area contributed by atoms with Crippen molar-refractivity contribution >= 4 is 12.4 Å². The molecular weight excluding hydrogens is 269 g/mol. The zero-order valence-electron chi connectivity index (χ0n) is 8.89. The molecule has 3 nitrogen and oxygen atoms in total. The summed E-state index contributed by atoms with van der Waals surface area (Å²) < 4.78 is 37.2. The molecule has 7 heteroatoms. The Kier molecular flexibility index (Phi) is 4.13. The molecule has 0 aliphatic rings. The van der Waals surface area contributed by atoms with Gasteiger partial charge in [0.2, 0.25) is 0 Å². The van der Waals surface area contributed by atoms with Crippen LogP contribution >= 0.6 is 12.4 Å². The molecule has 0 N–H and O–H groups in total. The van der Waals surface area contributed by atoms with Crippen LogP contribution in [0.5, 0.6) is 0 Å². The van der Waals surface area contributed by atoms with E-state index in [1.54, 1.807) is 12.1 Å². The van der Waals surface area contributed by atoms with Gasteiger partial charge in [-0.05, 0) is 24.3 Å². The van der Waals surface area contributed by atoms with Crippen molar-refractivity contribution < 1.29 is 13.2 Å². The van der Waals surface area contributed by atoms with E-state index in [-0.39, 0.29) is 28.2 Å². The molecule has 0 saturated heterocycles. The molecule has 0 fully saturated rings. The summed E-state index contributed by atoms with van der Waals surface area (Å²) in [6, 6.07) is 7.19. The quantitative estimate of drug-likeness (QED) is 0.803. The van der Waals surface area contributed by atoms with Crippen LogP contribution in [0.1, 0.15) is 0 Å². The number of pyridine rings is 2. The summed E-state index contributed by atoms with van der Waals surface area (Å²) in [5.74, 6) is 0. The van der Waals surface area contributed by atoms with Crippen molar-refractivity contribution in [3.8, 4) is 11.3 Å². The zero-order chi connectivity index (χ0) is 12.5. The van der Waals surface area contributed by atoms with Gasteiger partial charge in [0.25, 0.3) is 5.56 Å². The maximum Gasteiger partial charge on any atom is 0.491 e. The van der Waals surface area contributed by atoms with E-state index in [1.807, 2.05) is 0 Å². The van der Waals surface area contributed by atoms with Gasteiger partial charge in [0.1, 0.15) is 0 Å². The molecule has 0 amide bonds. The fourth-order valence-corrected chi connectivity index (χ4v) is 1.41. The van der Waals surface area contributed by atoms with Gasteiger partial charge in [-0.25, -0.2) is 4.57 Å². The van der Waals surface area contributed by atoms with Gasteiger partial charge >= 0.3 is 6.30 Å². The molecule has 96 valence electrons. The molecule has 0 aliphatic heterocycles. The van der Waals surface area contributed by atoms with Gasteiger partial charge in [0.05, 0.1) is 11.3 Å². The minimum Gasteiger partial charge on any atom is -0.268 e. The van der Waals surface area contributed by atoms with Gasteiger partial charge in [-0.15, -0.1) is 25.6 Å². The third-order valence-corrected chi connectivity index (χ3v) is 2.16. The molecule has 2 aromatic heterocycles. The molecule has 0 aliphatic carbocycles. The van der Waals surface area contributed by atoms with Crippen molar-refractivity contribution in [1.82, 2.24) is 9.55 Å². The fraction of sp³-hybridized carbons (Fsp3) is 0.0909. The summed E-state index contributed by atoms with van der Waals surface area (Å²) in [5, 5.41) is 0. The van der Waals surface area contributed by atoms with Crippen molar-refractivity contribution in [2.24, 2.45) is 0 Å². The van der Waals surface area contributed by atoms with Crippen LogP contribution < -0.4 is 5.56 Å². The molecule has 2 rings (SSSR count). The van der Waals surface area contributed by atoms with Crippen LogP contribution in [0.2, 0.25) is 0 Å². The molecule has 18 heavy (non-hydrogen) atoms. The lowest BCUT2D eigenvalue weighted by Crippen LogP contribution is -2.31. The first-order valence-corrected chi connectivity index (χ1v) is 4.70. The highest BCUT2D eigenvalue weighted by atomic mass is 35.5. The van der Waals surface area contributed by atoms with Crippen LogP contribution in [0.3, 0.4) is 0 Å². The first-order valence-electron chi connectivity index (χ1n) is 4.70. The number of aromatic nitrogens is 2. The second-order valence-electron chi connectivity index (χ2n) is 3.28. The van der Waals surface area contributed by atoms with Crippen molar-refractivity contribution in [1.29, 1.82) is 0 Å². The SMILES string of the molecule is Cl.O=c1c(-c2ccccn2)cccn1C(F)(F)F. The van der Waals surface area contributed by atoms with Gasteiger partial charge in [0.15, 0.2) is 0 Å². The number of nitrogens with zero attached hydrogens (tertiary/aromatic N) is 2. The van der Waals surface area contributed by atoms with Crippen molar-refractivity contribution in [3.05, 3.63) is 53.1 Å². The molecule has 0 bridgehead atoms. The van der Waals surface area contributed by atoms with E-state index >= 15 is 0 Å². The van der Waals surface area contributed by atoms with E-state index < -0.39 is 11.9 Å². The van der Waals surface area contributed by atoms with E-state index in [9.17, 15) is 18.0 Å². The molecule has 0 saturated carbocycles. The molecule has 0 aromatic carbocycles. The lowest BCUT2D eigenvalue weighted by Gasteiger charge is -2.10. The van der Waals surface area contributed by atoms with Crippen molar-refractivity contribution in [2.75, 3.05) is 0 Å². The third kappa shape index (κ3) is 2.70. The molecule has 0 spiro atoms. The molecule has 0 radical (unpaired) electrons. The van der Waals surface area contributed by atoms with E-state index in [0.29, 0.717) is 6.20 Å². The normalized spacial score (nSPS) is 10.8. The van der Waals surface area contributed by atoms with Crippen molar-refractivity contribution in [2.45, 2.75) is 6.30 Å². The predicted molar refractivity (Wildman–Crippen MR) is 62.5 cm³/mol. The van der Waals surface area contributed by atoms with E-state index in [0.717, 1.165) is 0 Å². The number of alkyl halides is 3. The smallest absolute Gasteiger partial charge is 0.268 e. The Labute approximate surface area is 106 Å². The minimum atomic E-state index is -4.72. The van der Waals surface area contributed by atoms with Gasteiger partial charge in [-0.2, -0.15) is 0 Å². The Morgan fingerprint density at radius 1 is 1.11 bits per heavy atom. The van der Waals surface area contributed by atoms with E-state index in [1.165, 1.54) is 24.4 Å². The first-order chi connectivity index (χ1) is 8.00. The second-order valence-corrected chi connectivity index (χ2v) is 3.28. The average molecular weight is 277 g/mol. The lowest BCUT2D eigenvalue weighted by atomic mass is 10.2. The predicted octanol–water partition coefficient (Wildman–Crippen LogP) is 2.81. The summed E-state index contributed by atoms with van der Waals surface area (Å²) in [5.41, 5.74) is -0.986. The Bertz CT molecular complexity index is 581. The van der Waals surface area contributed by atoms with Crippen LogP contribution in [-0.4, -0.2) is 9.55 Å². The van der Waals surface area contributed by atoms with Gasteiger partial charge in [-0.3, -0.25) is 9.78 Å². The number of halogens is 4. The van der Waals surface area contributed by atoms with Crippen LogP contribution in [0.15, 0.2) is 47.5 Å². The van der Waals surface area contributed by atoms with E-state index in [4.69, 9.17) is 0 Å². The van der Waals surface area contributed by atoms with Crippen LogP contribution in [0.4, 0.5) is 13.2 Å². The number of hydrogen-bond acceptors (Lipinski definition) is 2. The monoisotopic (exact) mass is 276 g/mol. The maximum absolute atomic E-state index is 12.5. The molecule has 2 heterocycles. The average Bonchev–Trinajstić information content (AvgIpc) is 2.29. The number of hydrogen-bond donors (Lipinski definition) is 0. The highest BCUT2D eigenvalue weighted by Gasteiger charge is 2.32.